The van der Waals surface area contributed by atoms with E-state index in [1.165, 1.54) is 0 Å². The molecule has 2 N–H and O–H groups in total. The van der Waals surface area contributed by atoms with Crippen LogP contribution in [0, 0.1) is 0 Å². The molecule has 1 aromatic heterocycles. The maximum absolute atomic E-state index is 13.3. The van der Waals surface area contributed by atoms with Crippen molar-refractivity contribution >= 4 is 15.9 Å². The molecule has 100 valence electrons. The summed E-state index contributed by atoms with van der Waals surface area (Å²) in [5.41, 5.74) is 6.68. The van der Waals surface area contributed by atoms with E-state index in [1.807, 2.05) is 19.1 Å². The molecule has 1 saturated carbocycles. The van der Waals surface area contributed by atoms with Crippen LogP contribution in [0.2, 0.25) is 0 Å². The van der Waals surface area contributed by atoms with Crippen LogP contribution in [0.1, 0.15) is 38.2 Å². The molecule has 0 amide bonds. The highest BCUT2D eigenvalue weighted by atomic mass is 79.9. The zero-order valence-electron chi connectivity index (χ0n) is 10.3. The molecular weight excluding hydrogens is 302 g/mol. The van der Waals surface area contributed by atoms with Gasteiger partial charge in [0.05, 0.1) is 0 Å². The molecule has 18 heavy (non-hydrogen) atoms. The van der Waals surface area contributed by atoms with E-state index in [-0.39, 0.29) is 24.3 Å². The molecule has 0 aromatic carbocycles. The molecule has 1 aliphatic carbocycles. The third-order valence-corrected chi connectivity index (χ3v) is 4.52. The minimum Gasteiger partial charge on any atom is -0.327 e. The van der Waals surface area contributed by atoms with Crippen LogP contribution < -0.4 is 5.73 Å². The fourth-order valence-corrected chi connectivity index (χ4v) is 2.97. The average molecular weight is 319 g/mol. The van der Waals surface area contributed by atoms with Gasteiger partial charge in [-0.2, -0.15) is 0 Å². The van der Waals surface area contributed by atoms with Crippen molar-refractivity contribution in [2.45, 2.75) is 50.0 Å². The van der Waals surface area contributed by atoms with Gasteiger partial charge in [-0.25, -0.2) is 13.8 Å². The lowest BCUT2D eigenvalue weighted by Crippen LogP contribution is -2.48. The summed E-state index contributed by atoms with van der Waals surface area (Å²) in [7, 11) is 0. The molecule has 0 spiro atoms. The summed E-state index contributed by atoms with van der Waals surface area (Å²) in [6.45, 7) is 1.89. The fraction of sp³-hybridized carbons (Fsp3) is 0.615. The number of hydrogen-bond acceptors (Lipinski definition) is 2. The molecule has 0 saturated heterocycles. The van der Waals surface area contributed by atoms with E-state index >= 15 is 0 Å². The van der Waals surface area contributed by atoms with Crippen LogP contribution in [-0.4, -0.2) is 16.9 Å². The standard InChI is InChI=1S/C13H17BrF2N2/c1-9(17)12(4-6-13(15,16)7-5-12)10-2-3-11(14)18-8-10/h2-3,8-9H,4-7,17H2,1H3. The minimum atomic E-state index is -2.54. The highest BCUT2D eigenvalue weighted by Crippen LogP contribution is 2.46. The maximum Gasteiger partial charge on any atom is 0.248 e. The Labute approximate surface area is 114 Å². The van der Waals surface area contributed by atoms with Gasteiger partial charge in [0.15, 0.2) is 0 Å². The summed E-state index contributed by atoms with van der Waals surface area (Å²) < 4.78 is 27.4. The topological polar surface area (TPSA) is 38.9 Å². The molecule has 1 heterocycles. The van der Waals surface area contributed by atoms with Crippen molar-refractivity contribution in [3.05, 3.63) is 28.5 Å². The summed E-state index contributed by atoms with van der Waals surface area (Å²) in [4.78, 5) is 4.19. The number of aromatic nitrogens is 1. The van der Waals surface area contributed by atoms with Gasteiger partial charge in [0.25, 0.3) is 0 Å². The molecule has 2 rings (SSSR count). The zero-order valence-corrected chi connectivity index (χ0v) is 11.9. The second-order valence-corrected chi connectivity index (χ2v) is 5.98. The summed E-state index contributed by atoms with van der Waals surface area (Å²) in [6, 6.07) is 3.62. The van der Waals surface area contributed by atoms with E-state index in [0.29, 0.717) is 12.8 Å². The molecule has 5 heteroatoms. The van der Waals surface area contributed by atoms with Crippen LogP contribution in [0.15, 0.2) is 22.9 Å². The number of nitrogens with zero attached hydrogens (tertiary/aromatic N) is 1. The molecule has 0 radical (unpaired) electrons. The van der Waals surface area contributed by atoms with Gasteiger partial charge in [-0.3, -0.25) is 0 Å². The van der Waals surface area contributed by atoms with Crippen molar-refractivity contribution in [1.29, 1.82) is 0 Å². The number of alkyl halides is 2. The van der Waals surface area contributed by atoms with Gasteiger partial charge in [-0.15, -0.1) is 0 Å². The minimum absolute atomic E-state index is 0.0927. The number of hydrogen-bond donors (Lipinski definition) is 1. The Kier molecular flexibility index (Phi) is 3.74. The SMILES string of the molecule is CC(N)C1(c2ccc(Br)nc2)CCC(F)(F)CC1. The zero-order chi connectivity index (χ0) is 13.4. The van der Waals surface area contributed by atoms with Crippen LogP contribution in [0.25, 0.3) is 0 Å². The van der Waals surface area contributed by atoms with Crippen LogP contribution in [0.4, 0.5) is 8.78 Å². The van der Waals surface area contributed by atoms with Crippen LogP contribution >= 0.6 is 15.9 Å². The molecule has 1 aliphatic rings. The molecule has 1 atom stereocenters. The molecular formula is C13H17BrF2N2. The first-order valence-corrected chi connectivity index (χ1v) is 6.90. The van der Waals surface area contributed by atoms with Gasteiger partial charge in [0.1, 0.15) is 4.60 Å². The van der Waals surface area contributed by atoms with Gasteiger partial charge < -0.3 is 5.73 Å². The van der Waals surface area contributed by atoms with Gasteiger partial charge in [0.2, 0.25) is 5.92 Å². The molecule has 0 aliphatic heterocycles. The molecule has 0 bridgehead atoms. The maximum atomic E-state index is 13.3. The molecule has 1 fully saturated rings. The lowest BCUT2D eigenvalue weighted by molar-refractivity contribution is -0.0547. The highest BCUT2D eigenvalue weighted by Gasteiger charge is 2.46. The predicted octanol–water partition coefficient (Wildman–Crippen LogP) is 3.64. The predicted molar refractivity (Wildman–Crippen MR) is 70.7 cm³/mol. The quantitative estimate of drug-likeness (QED) is 0.845. The van der Waals surface area contributed by atoms with Gasteiger partial charge in [0, 0.05) is 30.5 Å². The van der Waals surface area contributed by atoms with Crippen LogP contribution in [-0.2, 0) is 5.41 Å². The Morgan fingerprint density at radius 2 is 1.89 bits per heavy atom. The number of nitrogens with two attached hydrogens (primary N) is 1. The smallest absolute Gasteiger partial charge is 0.248 e. The summed E-state index contributed by atoms with van der Waals surface area (Å²) in [5.74, 6) is -2.54. The van der Waals surface area contributed by atoms with Crippen molar-refractivity contribution in [1.82, 2.24) is 4.98 Å². The number of rotatable bonds is 2. The summed E-state index contributed by atoms with van der Waals surface area (Å²) >= 11 is 3.28. The van der Waals surface area contributed by atoms with E-state index in [0.717, 1.165) is 10.2 Å². The van der Waals surface area contributed by atoms with E-state index in [2.05, 4.69) is 20.9 Å². The Hall–Kier alpha value is -0.550. The third-order valence-electron chi connectivity index (χ3n) is 4.05. The normalized spacial score (nSPS) is 23.6. The molecule has 1 aromatic rings. The third kappa shape index (κ3) is 2.57. The Morgan fingerprint density at radius 1 is 1.28 bits per heavy atom. The Balaban J connectivity index is 2.31. The number of pyridine rings is 1. The first-order valence-electron chi connectivity index (χ1n) is 6.11. The van der Waals surface area contributed by atoms with E-state index in [9.17, 15) is 8.78 Å². The second kappa shape index (κ2) is 4.85. The van der Waals surface area contributed by atoms with Crippen molar-refractivity contribution in [2.24, 2.45) is 5.73 Å². The summed E-state index contributed by atoms with van der Waals surface area (Å²) in [5, 5.41) is 0. The van der Waals surface area contributed by atoms with Crippen molar-refractivity contribution < 1.29 is 8.78 Å². The van der Waals surface area contributed by atoms with Gasteiger partial charge in [-0.05, 0) is 47.3 Å². The molecule has 2 nitrogen and oxygen atoms in total. The Bertz CT molecular complexity index is 408. The Morgan fingerprint density at radius 3 is 2.33 bits per heavy atom. The lowest BCUT2D eigenvalue weighted by atomic mass is 9.65. The first kappa shape index (κ1) is 13.9. The molecule has 1 unspecified atom stereocenters. The van der Waals surface area contributed by atoms with Crippen molar-refractivity contribution in [2.75, 3.05) is 0 Å². The second-order valence-electron chi connectivity index (χ2n) is 5.17. The highest BCUT2D eigenvalue weighted by molar-refractivity contribution is 9.10. The average Bonchev–Trinajstić information content (AvgIpc) is 2.30. The lowest BCUT2D eigenvalue weighted by Gasteiger charge is -2.43. The van der Waals surface area contributed by atoms with Crippen LogP contribution in [0.5, 0.6) is 0 Å². The van der Waals surface area contributed by atoms with E-state index in [4.69, 9.17) is 5.73 Å². The van der Waals surface area contributed by atoms with Gasteiger partial charge in [-0.1, -0.05) is 6.07 Å². The first-order chi connectivity index (χ1) is 8.36. The monoisotopic (exact) mass is 318 g/mol. The number of halogens is 3. The van der Waals surface area contributed by atoms with Crippen molar-refractivity contribution in [3.8, 4) is 0 Å². The van der Waals surface area contributed by atoms with Crippen LogP contribution in [0.3, 0.4) is 0 Å². The van der Waals surface area contributed by atoms with E-state index < -0.39 is 5.92 Å². The summed E-state index contributed by atoms with van der Waals surface area (Å²) in [6.07, 6.45) is 2.40. The van der Waals surface area contributed by atoms with Crippen molar-refractivity contribution in [3.63, 3.8) is 0 Å². The van der Waals surface area contributed by atoms with E-state index in [1.54, 1.807) is 6.20 Å². The van der Waals surface area contributed by atoms with Gasteiger partial charge >= 0.3 is 0 Å². The fourth-order valence-electron chi connectivity index (χ4n) is 2.74. The largest absolute Gasteiger partial charge is 0.327 e.